The fourth-order valence-corrected chi connectivity index (χ4v) is 2.65. The van der Waals surface area contributed by atoms with Gasteiger partial charge in [-0.15, -0.1) is 0 Å². The van der Waals surface area contributed by atoms with Crippen LogP contribution in [-0.4, -0.2) is 22.6 Å². The van der Waals surface area contributed by atoms with E-state index in [1.807, 2.05) is 35.9 Å². The molecule has 2 aromatic heterocycles. The highest BCUT2D eigenvalue weighted by Crippen LogP contribution is 2.25. The molecular formula is C15H14N2O3. The molecule has 3 rings (SSSR count). The standard InChI is InChI=1S/C15H14N2O3/c1-8-11(15(19)20-3)13(18)12-9-6-4-5-7-10(9)17(2)14(12)16-8/h4-7H,1-3H3,(H,16,18). The molecule has 1 N–H and O–H groups in total. The van der Waals surface area contributed by atoms with Gasteiger partial charge in [-0.25, -0.2) is 4.79 Å². The highest BCUT2D eigenvalue weighted by atomic mass is 16.5. The number of benzene rings is 1. The second kappa shape index (κ2) is 4.23. The Kier molecular flexibility index (Phi) is 2.64. The number of carbonyl (C=O) groups excluding carboxylic acids is 1. The maximum atomic E-state index is 12.6. The van der Waals surface area contributed by atoms with Crippen LogP contribution in [0, 0.1) is 6.92 Å². The molecule has 0 amide bonds. The summed E-state index contributed by atoms with van der Waals surface area (Å²) >= 11 is 0. The number of aromatic amines is 1. The number of carbonyl (C=O) groups is 1. The maximum Gasteiger partial charge on any atom is 0.343 e. The number of H-pyrrole nitrogens is 1. The van der Waals surface area contributed by atoms with Crippen molar-refractivity contribution in [3.8, 4) is 0 Å². The van der Waals surface area contributed by atoms with Crippen LogP contribution in [0.5, 0.6) is 0 Å². The Bertz CT molecular complexity index is 903. The Morgan fingerprint density at radius 2 is 2.00 bits per heavy atom. The minimum atomic E-state index is -0.612. The molecule has 1 aromatic carbocycles. The van der Waals surface area contributed by atoms with Crippen molar-refractivity contribution in [3.05, 3.63) is 45.7 Å². The number of esters is 1. The third-order valence-electron chi connectivity index (χ3n) is 3.63. The van der Waals surface area contributed by atoms with Gasteiger partial charge in [-0.2, -0.15) is 0 Å². The largest absolute Gasteiger partial charge is 0.465 e. The van der Waals surface area contributed by atoms with E-state index in [-0.39, 0.29) is 11.0 Å². The van der Waals surface area contributed by atoms with Crippen molar-refractivity contribution < 1.29 is 9.53 Å². The molecule has 102 valence electrons. The lowest BCUT2D eigenvalue weighted by atomic mass is 10.1. The second-order valence-electron chi connectivity index (χ2n) is 4.75. The highest BCUT2D eigenvalue weighted by molar-refractivity contribution is 6.08. The van der Waals surface area contributed by atoms with Gasteiger partial charge in [0.1, 0.15) is 11.2 Å². The molecule has 0 saturated carbocycles. The van der Waals surface area contributed by atoms with Crippen LogP contribution in [0.3, 0.4) is 0 Å². The minimum Gasteiger partial charge on any atom is -0.465 e. The quantitative estimate of drug-likeness (QED) is 0.689. The van der Waals surface area contributed by atoms with E-state index in [0.29, 0.717) is 16.7 Å². The van der Waals surface area contributed by atoms with E-state index >= 15 is 0 Å². The monoisotopic (exact) mass is 270 g/mol. The van der Waals surface area contributed by atoms with E-state index < -0.39 is 5.97 Å². The van der Waals surface area contributed by atoms with Crippen LogP contribution in [-0.2, 0) is 11.8 Å². The molecule has 5 heteroatoms. The van der Waals surface area contributed by atoms with Crippen molar-refractivity contribution in [2.75, 3.05) is 7.11 Å². The summed E-state index contributed by atoms with van der Waals surface area (Å²) in [6, 6.07) is 7.61. The number of para-hydroxylation sites is 1. The number of ether oxygens (including phenoxy) is 1. The molecule has 0 spiro atoms. The van der Waals surface area contributed by atoms with Crippen molar-refractivity contribution in [1.29, 1.82) is 0 Å². The molecule has 0 aliphatic heterocycles. The van der Waals surface area contributed by atoms with Crippen molar-refractivity contribution >= 4 is 27.9 Å². The van der Waals surface area contributed by atoms with Gasteiger partial charge in [-0.05, 0) is 13.0 Å². The molecule has 20 heavy (non-hydrogen) atoms. The number of nitrogens with zero attached hydrogens (tertiary/aromatic N) is 1. The first kappa shape index (κ1) is 12.5. The van der Waals surface area contributed by atoms with Crippen LogP contribution in [0.4, 0.5) is 0 Å². The molecule has 2 heterocycles. The van der Waals surface area contributed by atoms with Crippen LogP contribution >= 0.6 is 0 Å². The first-order chi connectivity index (χ1) is 9.56. The zero-order valence-electron chi connectivity index (χ0n) is 11.5. The topological polar surface area (TPSA) is 64.1 Å². The van der Waals surface area contributed by atoms with Gasteiger partial charge in [-0.3, -0.25) is 4.79 Å². The summed E-state index contributed by atoms with van der Waals surface area (Å²) in [6.45, 7) is 1.70. The van der Waals surface area contributed by atoms with Gasteiger partial charge in [0, 0.05) is 18.1 Å². The molecule has 3 aromatic rings. The Hall–Kier alpha value is -2.56. The Morgan fingerprint density at radius 1 is 1.30 bits per heavy atom. The third kappa shape index (κ3) is 1.49. The van der Waals surface area contributed by atoms with Gasteiger partial charge in [0.05, 0.1) is 18.0 Å². The first-order valence-electron chi connectivity index (χ1n) is 6.24. The fourth-order valence-electron chi connectivity index (χ4n) is 2.65. The van der Waals surface area contributed by atoms with Crippen molar-refractivity contribution in [2.24, 2.45) is 7.05 Å². The van der Waals surface area contributed by atoms with Gasteiger partial charge < -0.3 is 14.3 Å². The summed E-state index contributed by atoms with van der Waals surface area (Å²) in [5.74, 6) is -0.612. The zero-order chi connectivity index (χ0) is 14.4. The summed E-state index contributed by atoms with van der Waals surface area (Å²) in [7, 11) is 3.16. The summed E-state index contributed by atoms with van der Waals surface area (Å²) < 4.78 is 6.62. The number of methoxy groups -OCH3 is 1. The lowest BCUT2D eigenvalue weighted by Gasteiger charge is -2.05. The van der Waals surface area contributed by atoms with Crippen LogP contribution in [0.1, 0.15) is 16.1 Å². The van der Waals surface area contributed by atoms with Gasteiger partial charge in [0.2, 0.25) is 5.43 Å². The van der Waals surface area contributed by atoms with Crippen LogP contribution in [0.2, 0.25) is 0 Å². The summed E-state index contributed by atoms with van der Waals surface area (Å²) in [4.78, 5) is 27.6. The van der Waals surface area contributed by atoms with E-state index in [9.17, 15) is 9.59 Å². The molecule has 0 aliphatic carbocycles. The lowest BCUT2D eigenvalue weighted by Crippen LogP contribution is -2.19. The van der Waals surface area contributed by atoms with Crippen molar-refractivity contribution in [3.63, 3.8) is 0 Å². The van der Waals surface area contributed by atoms with Crippen LogP contribution in [0.15, 0.2) is 29.1 Å². The second-order valence-corrected chi connectivity index (χ2v) is 4.75. The molecule has 0 bridgehead atoms. The fraction of sp³-hybridized carbons (Fsp3) is 0.200. The molecule has 0 radical (unpaired) electrons. The van der Waals surface area contributed by atoms with Gasteiger partial charge in [0.25, 0.3) is 0 Å². The number of pyridine rings is 1. The van der Waals surface area contributed by atoms with E-state index in [2.05, 4.69) is 4.98 Å². The summed E-state index contributed by atoms with van der Waals surface area (Å²) in [5.41, 5.74) is 1.94. The van der Waals surface area contributed by atoms with E-state index in [0.717, 1.165) is 10.9 Å². The van der Waals surface area contributed by atoms with Gasteiger partial charge in [-0.1, -0.05) is 18.2 Å². The number of aromatic nitrogens is 2. The number of hydrogen-bond acceptors (Lipinski definition) is 3. The maximum absolute atomic E-state index is 12.6. The molecular weight excluding hydrogens is 256 g/mol. The molecule has 0 saturated heterocycles. The number of fused-ring (bicyclic) bond motifs is 3. The third-order valence-corrected chi connectivity index (χ3v) is 3.63. The van der Waals surface area contributed by atoms with Gasteiger partial charge >= 0.3 is 5.97 Å². The average molecular weight is 270 g/mol. The summed E-state index contributed by atoms with van der Waals surface area (Å²) in [6.07, 6.45) is 0. The number of rotatable bonds is 1. The van der Waals surface area contributed by atoms with Crippen molar-refractivity contribution in [1.82, 2.24) is 9.55 Å². The van der Waals surface area contributed by atoms with Gasteiger partial charge in [0.15, 0.2) is 0 Å². The molecule has 0 atom stereocenters. The zero-order valence-corrected chi connectivity index (χ0v) is 11.5. The predicted octanol–water partition coefficient (Wildman–Crippen LogP) is 2.11. The Balaban J connectivity index is 2.58. The minimum absolute atomic E-state index is 0.0661. The number of aryl methyl sites for hydroxylation is 2. The normalized spacial score (nSPS) is 11.2. The van der Waals surface area contributed by atoms with Crippen LogP contribution < -0.4 is 5.43 Å². The molecule has 0 aliphatic rings. The van der Waals surface area contributed by atoms with E-state index in [1.165, 1.54) is 7.11 Å². The summed E-state index contributed by atoms with van der Waals surface area (Å²) in [5, 5.41) is 1.35. The molecule has 0 unspecified atom stereocenters. The van der Waals surface area contributed by atoms with E-state index in [1.54, 1.807) is 6.92 Å². The molecule has 0 fully saturated rings. The Morgan fingerprint density at radius 3 is 2.70 bits per heavy atom. The average Bonchev–Trinajstić information content (AvgIpc) is 2.72. The number of hydrogen-bond donors (Lipinski definition) is 1. The SMILES string of the molecule is COC(=O)c1c(C)[nH]c2c(c1=O)c1ccccc1n2C. The smallest absolute Gasteiger partial charge is 0.343 e. The Labute approximate surface area is 114 Å². The number of nitrogens with one attached hydrogen (secondary N) is 1. The van der Waals surface area contributed by atoms with Crippen LogP contribution in [0.25, 0.3) is 21.9 Å². The molecule has 5 nitrogen and oxygen atoms in total. The van der Waals surface area contributed by atoms with E-state index in [4.69, 9.17) is 4.74 Å². The first-order valence-corrected chi connectivity index (χ1v) is 6.24. The highest BCUT2D eigenvalue weighted by Gasteiger charge is 2.20. The predicted molar refractivity (Wildman–Crippen MR) is 77.1 cm³/mol. The van der Waals surface area contributed by atoms with Crippen molar-refractivity contribution in [2.45, 2.75) is 6.92 Å². The lowest BCUT2D eigenvalue weighted by molar-refractivity contribution is 0.0598.